The quantitative estimate of drug-likeness (QED) is 0.870. The molecule has 0 saturated carbocycles. The maximum absolute atomic E-state index is 11.8. The summed E-state index contributed by atoms with van der Waals surface area (Å²) in [7, 11) is 0. The molecule has 0 aliphatic carbocycles. The second-order valence-electron chi connectivity index (χ2n) is 4.63. The van der Waals surface area contributed by atoms with Gasteiger partial charge in [0.2, 0.25) is 5.91 Å². The first-order chi connectivity index (χ1) is 8.79. The predicted octanol–water partition coefficient (Wildman–Crippen LogP) is 1.13. The van der Waals surface area contributed by atoms with Crippen LogP contribution in [-0.2, 0) is 11.3 Å². The molecule has 0 spiro atoms. The van der Waals surface area contributed by atoms with E-state index in [1.54, 1.807) is 11.3 Å². The van der Waals surface area contributed by atoms with E-state index >= 15 is 0 Å². The average molecular weight is 267 g/mol. The Morgan fingerprint density at radius 2 is 2.11 bits per heavy atom. The summed E-state index contributed by atoms with van der Waals surface area (Å²) in [6.07, 6.45) is 1.40. The molecular formula is C13H21N3OS. The van der Waals surface area contributed by atoms with Gasteiger partial charge in [0.15, 0.2) is 0 Å². The SMILES string of the molecule is NCCCC(=O)N1CCN(Cc2cccs2)CC1. The fourth-order valence-corrected chi connectivity index (χ4v) is 2.94. The van der Waals surface area contributed by atoms with Crippen LogP contribution in [0.1, 0.15) is 17.7 Å². The molecule has 1 saturated heterocycles. The highest BCUT2D eigenvalue weighted by molar-refractivity contribution is 7.09. The summed E-state index contributed by atoms with van der Waals surface area (Å²) in [6.45, 7) is 5.29. The maximum Gasteiger partial charge on any atom is 0.222 e. The van der Waals surface area contributed by atoms with Crippen LogP contribution in [0, 0.1) is 0 Å². The van der Waals surface area contributed by atoms with Gasteiger partial charge < -0.3 is 10.6 Å². The van der Waals surface area contributed by atoms with Gasteiger partial charge in [-0.05, 0) is 24.4 Å². The van der Waals surface area contributed by atoms with Gasteiger partial charge in [-0.2, -0.15) is 0 Å². The topological polar surface area (TPSA) is 49.6 Å². The second kappa shape index (κ2) is 6.87. The van der Waals surface area contributed by atoms with Crippen molar-refractivity contribution in [3.05, 3.63) is 22.4 Å². The van der Waals surface area contributed by atoms with Crippen molar-refractivity contribution < 1.29 is 4.79 Å². The van der Waals surface area contributed by atoms with Crippen molar-refractivity contribution in [2.45, 2.75) is 19.4 Å². The lowest BCUT2D eigenvalue weighted by Crippen LogP contribution is -2.48. The van der Waals surface area contributed by atoms with Gasteiger partial charge >= 0.3 is 0 Å². The van der Waals surface area contributed by atoms with Crippen molar-refractivity contribution in [1.82, 2.24) is 9.80 Å². The van der Waals surface area contributed by atoms with Gasteiger partial charge in [-0.1, -0.05) is 6.07 Å². The second-order valence-corrected chi connectivity index (χ2v) is 5.66. The van der Waals surface area contributed by atoms with E-state index in [0.717, 1.165) is 39.1 Å². The Bertz CT molecular complexity index is 358. The van der Waals surface area contributed by atoms with Gasteiger partial charge in [-0.25, -0.2) is 0 Å². The van der Waals surface area contributed by atoms with Crippen LogP contribution in [0.3, 0.4) is 0 Å². The lowest BCUT2D eigenvalue weighted by atomic mass is 10.2. The summed E-state index contributed by atoms with van der Waals surface area (Å²) < 4.78 is 0. The Morgan fingerprint density at radius 3 is 2.72 bits per heavy atom. The van der Waals surface area contributed by atoms with Crippen LogP contribution >= 0.6 is 11.3 Å². The zero-order valence-corrected chi connectivity index (χ0v) is 11.5. The molecule has 1 aromatic heterocycles. The molecule has 0 atom stereocenters. The molecule has 2 heterocycles. The molecule has 1 aliphatic heterocycles. The minimum atomic E-state index is 0.260. The molecule has 4 nitrogen and oxygen atoms in total. The zero-order valence-electron chi connectivity index (χ0n) is 10.7. The van der Waals surface area contributed by atoms with Gasteiger partial charge in [0.25, 0.3) is 0 Å². The van der Waals surface area contributed by atoms with E-state index < -0.39 is 0 Å². The summed E-state index contributed by atoms with van der Waals surface area (Å²) in [6, 6.07) is 4.26. The van der Waals surface area contributed by atoms with Crippen LogP contribution in [0.5, 0.6) is 0 Å². The molecule has 0 aromatic carbocycles. The molecular weight excluding hydrogens is 246 g/mol. The number of rotatable bonds is 5. The van der Waals surface area contributed by atoms with Crippen molar-refractivity contribution >= 4 is 17.2 Å². The summed E-state index contributed by atoms with van der Waals surface area (Å²) in [5, 5.41) is 2.11. The van der Waals surface area contributed by atoms with Crippen molar-refractivity contribution in [3.8, 4) is 0 Å². The lowest BCUT2D eigenvalue weighted by molar-refractivity contribution is -0.133. The monoisotopic (exact) mass is 267 g/mol. The standard InChI is InChI=1S/C13H21N3OS/c14-5-1-4-13(17)16-8-6-15(7-9-16)11-12-3-2-10-18-12/h2-3,10H,1,4-9,11,14H2. The fraction of sp³-hybridized carbons (Fsp3) is 0.615. The van der Waals surface area contributed by atoms with E-state index in [0.29, 0.717) is 13.0 Å². The Kier molecular flexibility index (Phi) is 5.16. The minimum Gasteiger partial charge on any atom is -0.340 e. The van der Waals surface area contributed by atoms with E-state index in [4.69, 9.17) is 5.73 Å². The number of nitrogens with two attached hydrogens (primary N) is 1. The molecule has 2 rings (SSSR count). The van der Waals surface area contributed by atoms with Crippen LogP contribution in [-0.4, -0.2) is 48.4 Å². The molecule has 1 aromatic rings. The molecule has 5 heteroatoms. The van der Waals surface area contributed by atoms with Crippen LogP contribution in [0.2, 0.25) is 0 Å². The molecule has 1 amide bonds. The Morgan fingerprint density at radius 1 is 1.33 bits per heavy atom. The number of nitrogens with zero attached hydrogens (tertiary/aromatic N) is 2. The number of hydrogen-bond acceptors (Lipinski definition) is 4. The molecule has 100 valence electrons. The molecule has 0 radical (unpaired) electrons. The number of carbonyl (C=O) groups is 1. The normalized spacial score (nSPS) is 17.1. The third-order valence-electron chi connectivity index (χ3n) is 3.28. The van der Waals surface area contributed by atoms with Crippen LogP contribution in [0.15, 0.2) is 17.5 Å². The molecule has 2 N–H and O–H groups in total. The first-order valence-corrected chi connectivity index (χ1v) is 7.40. The van der Waals surface area contributed by atoms with E-state index in [9.17, 15) is 4.79 Å². The highest BCUT2D eigenvalue weighted by atomic mass is 32.1. The van der Waals surface area contributed by atoms with Crippen LogP contribution in [0.25, 0.3) is 0 Å². The smallest absolute Gasteiger partial charge is 0.222 e. The Balaban J connectivity index is 1.72. The van der Waals surface area contributed by atoms with Gasteiger partial charge in [-0.15, -0.1) is 11.3 Å². The lowest BCUT2D eigenvalue weighted by Gasteiger charge is -2.34. The van der Waals surface area contributed by atoms with Crippen molar-refractivity contribution in [2.24, 2.45) is 5.73 Å². The van der Waals surface area contributed by atoms with Gasteiger partial charge in [0.05, 0.1) is 0 Å². The number of thiophene rings is 1. The predicted molar refractivity (Wildman–Crippen MR) is 74.5 cm³/mol. The van der Waals surface area contributed by atoms with E-state index in [1.165, 1.54) is 4.88 Å². The van der Waals surface area contributed by atoms with Crippen molar-refractivity contribution in [2.75, 3.05) is 32.7 Å². The summed E-state index contributed by atoms with van der Waals surface area (Å²) in [5.74, 6) is 0.260. The highest BCUT2D eigenvalue weighted by Gasteiger charge is 2.20. The summed E-state index contributed by atoms with van der Waals surface area (Å²) >= 11 is 1.80. The summed E-state index contributed by atoms with van der Waals surface area (Å²) in [4.78, 5) is 17.6. The third kappa shape index (κ3) is 3.80. The molecule has 0 unspecified atom stereocenters. The zero-order chi connectivity index (χ0) is 12.8. The van der Waals surface area contributed by atoms with Crippen LogP contribution < -0.4 is 5.73 Å². The molecule has 0 bridgehead atoms. The number of carbonyl (C=O) groups excluding carboxylic acids is 1. The Hall–Kier alpha value is -0.910. The first-order valence-electron chi connectivity index (χ1n) is 6.52. The minimum absolute atomic E-state index is 0.260. The number of piperazine rings is 1. The van der Waals surface area contributed by atoms with Crippen molar-refractivity contribution in [3.63, 3.8) is 0 Å². The molecule has 1 aliphatic rings. The highest BCUT2D eigenvalue weighted by Crippen LogP contribution is 2.13. The van der Waals surface area contributed by atoms with Crippen molar-refractivity contribution in [1.29, 1.82) is 0 Å². The average Bonchev–Trinajstić information content (AvgIpc) is 2.89. The largest absolute Gasteiger partial charge is 0.340 e. The molecule has 1 fully saturated rings. The maximum atomic E-state index is 11.8. The van der Waals surface area contributed by atoms with E-state index in [1.807, 2.05) is 4.90 Å². The molecule has 18 heavy (non-hydrogen) atoms. The van der Waals surface area contributed by atoms with E-state index in [-0.39, 0.29) is 5.91 Å². The summed E-state index contributed by atoms with van der Waals surface area (Å²) in [5.41, 5.74) is 5.43. The Labute approximate surface area is 112 Å². The number of hydrogen-bond donors (Lipinski definition) is 1. The van der Waals surface area contributed by atoms with Gasteiger partial charge in [0, 0.05) is 44.0 Å². The van der Waals surface area contributed by atoms with E-state index in [2.05, 4.69) is 22.4 Å². The number of amides is 1. The van der Waals surface area contributed by atoms with Crippen LogP contribution in [0.4, 0.5) is 0 Å². The van der Waals surface area contributed by atoms with Gasteiger partial charge in [0.1, 0.15) is 0 Å². The fourth-order valence-electron chi connectivity index (χ4n) is 2.19. The first kappa shape index (κ1) is 13.5. The van der Waals surface area contributed by atoms with Gasteiger partial charge in [-0.3, -0.25) is 9.69 Å². The third-order valence-corrected chi connectivity index (χ3v) is 4.14.